The smallest absolute Gasteiger partial charge is 0.255 e. The van der Waals surface area contributed by atoms with Crippen molar-refractivity contribution in [3.63, 3.8) is 0 Å². The molecule has 1 aromatic heterocycles. The molecule has 0 unspecified atom stereocenters. The number of nitrogens with zero attached hydrogens (tertiary/aromatic N) is 6. The van der Waals surface area contributed by atoms with Crippen molar-refractivity contribution >= 4 is 17.7 Å². The van der Waals surface area contributed by atoms with Crippen molar-refractivity contribution in [1.82, 2.24) is 30.0 Å². The topological polar surface area (TPSA) is 67.2 Å². The zero-order valence-electron chi connectivity index (χ0n) is 17.2. The molecule has 2 heterocycles. The maximum Gasteiger partial charge on any atom is 0.255 e. The highest BCUT2D eigenvalue weighted by Crippen LogP contribution is 2.27. The lowest BCUT2D eigenvalue weighted by Crippen LogP contribution is -2.48. The Morgan fingerprint density at radius 2 is 1.77 bits per heavy atom. The number of carbonyl (C=O) groups is 1. The van der Waals surface area contributed by atoms with Crippen molar-refractivity contribution in [3.8, 4) is 18.0 Å². The van der Waals surface area contributed by atoms with Gasteiger partial charge in [0.15, 0.2) is 5.82 Å². The lowest BCUT2D eigenvalue weighted by Gasteiger charge is -2.34. The number of terminal acetylenes is 1. The van der Waals surface area contributed by atoms with Gasteiger partial charge in [-0.2, -0.15) is 4.68 Å². The summed E-state index contributed by atoms with van der Waals surface area (Å²) < 4.78 is 1.73. The Hall–Kier alpha value is -3.15. The van der Waals surface area contributed by atoms with Gasteiger partial charge in [0.1, 0.15) is 0 Å². The maximum absolute atomic E-state index is 13.2. The van der Waals surface area contributed by atoms with E-state index in [1.54, 1.807) is 16.4 Å². The average Bonchev–Trinajstić information content (AvgIpc) is 3.31. The Morgan fingerprint density at radius 1 is 1.03 bits per heavy atom. The fourth-order valence-corrected chi connectivity index (χ4v) is 4.49. The molecule has 1 fully saturated rings. The van der Waals surface area contributed by atoms with Crippen LogP contribution in [0.4, 0.5) is 0 Å². The number of benzene rings is 2. The second kappa shape index (κ2) is 10.2. The molecule has 0 N–H and O–H groups in total. The third-order valence-electron chi connectivity index (χ3n) is 5.24. The predicted octanol–water partition coefficient (Wildman–Crippen LogP) is 2.74. The number of tetrazole rings is 1. The van der Waals surface area contributed by atoms with Gasteiger partial charge in [-0.05, 0) is 34.7 Å². The summed E-state index contributed by atoms with van der Waals surface area (Å²) in [5, 5.41) is 12.1. The van der Waals surface area contributed by atoms with E-state index in [1.165, 1.54) is 0 Å². The van der Waals surface area contributed by atoms with Crippen molar-refractivity contribution in [2.75, 3.05) is 32.7 Å². The van der Waals surface area contributed by atoms with Gasteiger partial charge in [-0.1, -0.05) is 30.3 Å². The van der Waals surface area contributed by atoms with Gasteiger partial charge in [-0.25, -0.2) is 0 Å². The van der Waals surface area contributed by atoms with E-state index in [0.29, 0.717) is 18.8 Å². The molecule has 2 aromatic carbocycles. The molecule has 4 rings (SSSR count). The highest BCUT2D eigenvalue weighted by molar-refractivity contribution is 7.98. The minimum absolute atomic E-state index is 0.0716. The molecule has 31 heavy (non-hydrogen) atoms. The molecule has 0 spiro atoms. The Bertz CT molecular complexity index is 1050. The quantitative estimate of drug-likeness (QED) is 0.423. The number of para-hydroxylation sites is 1. The molecule has 158 valence electrons. The summed E-state index contributed by atoms with van der Waals surface area (Å²) in [5.74, 6) is 4.05. The third kappa shape index (κ3) is 5.13. The molecule has 7 nitrogen and oxygen atoms in total. The molecule has 8 heteroatoms. The summed E-state index contributed by atoms with van der Waals surface area (Å²) in [7, 11) is 0. The SMILES string of the molecule is C#CCCN1CCN(C(=O)c2ccccc2SCc2nnnn2-c2ccccc2)CC1. The maximum atomic E-state index is 13.2. The number of thioether (sulfide) groups is 1. The van der Waals surface area contributed by atoms with E-state index in [9.17, 15) is 4.79 Å². The van der Waals surface area contributed by atoms with Crippen LogP contribution in [0.15, 0.2) is 59.5 Å². The molecule has 0 aliphatic carbocycles. The zero-order valence-corrected chi connectivity index (χ0v) is 18.0. The standard InChI is InChI=1S/C23H24N6OS/c1-2-3-13-27-14-16-28(17-15-27)23(30)20-11-7-8-12-21(20)31-18-22-24-25-26-29(22)19-9-5-4-6-10-19/h1,4-12H,3,13-18H2. The van der Waals surface area contributed by atoms with Gasteiger partial charge in [0.2, 0.25) is 0 Å². The van der Waals surface area contributed by atoms with Crippen molar-refractivity contribution in [3.05, 3.63) is 66.0 Å². The first-order valence-electron chi connectivity index (χ1n) is 10.3. The van der Waals surface area contributed by atoms with Crippen LogP contribution in [0.1, 0.15) is 22.6 Å². The number of amides is 1. The number of piperazine rings is 1. The van der Waals surface area contributed by atoms with Crippen LogP contribution < -0.4 is 0 Å². The van der Waals surface area contributed by atoms with Crippen molar-refractivity contribution in [2.45, 2.75) is 17.1 Å². The van der Waals surface area contributed by atoms with E-state index in [-0.39, 0.29) is 5.91 Å². The first kappa shape index (κ1) is 21.1. The molecule has 1 aliphatic rings. The second-order valence-electron chi connectivity index (χ2n) is 7.22. The summed E-state index contributed by atoms with van der Waals surface area (Å²) in [4.78, 5) is 18.4. The van der Waals surface area contributed by atoms with Crippen LogP contribution in [0, 0.1) is 12.3 Å². The van der Waals surface area contributed by atoms with Crippen LogP contribution in [-0.2, 0) is 5.75 Å². The fourth-order valence-electron chi connectivity index (χ4n) is 3.54. The lowest BCUT2D eigenvalue weighted by molar-refractivity contribution is 0.0636. The van der Waals surface area contributed by atoms with E-state index in [0.717, 1.165) is 48.0 Å². The Balaban J connectivity index is 1.43. The molecule has 3 aromatic rings. The fraction of sp³-hybridized carbons (Fsp3) is 0.304. The molecule has 1 amide bonds. The van der Waals surface area contributed by atoms with Gasteiger partial charge in [0.05, 0.1) is 17.0 Å². The normalized spacial score (nSPS) is 14.4. The first-order valence-corrected chi connectivity index (χ1v) is 11.2. The third-order valence-corrected chi connectivity index (χ3v) is 6.31. The van der Waals surface area contributed by atoms with Crippen molar-refractivity contribution < 1.29 is 4.79 Å². The lowest BCUT2D eigenvalue weighted by atomic mass is 10.1. The highest BCUT2D eigenvalue weighted by Gasteiger charge is 2.23. The number of rotatable bonds is 7. The van der Waals surface area contributed by atoms with Gasteiger partial charge in [0, 0.05) is 44.0 Å². The molecule has 0 bridgehead atoms. The van der Waals surface area contributed by atoms with Crippen molar-refractivity contribution in [2.24, 2.45) is 0 Å². The van der Waals surface area contributed by atoms with Gasteiger partial charge in [0.25, 0.3) is 5.91 Å². The van der Waals surface area contributed by atoms with Crippen LogP contribution in [0.3, 0.4) is 0 Å². The Morgan fingerprint density at radius 3 is 2.55 bits per heavy atom. The largest absolute Gasteiger partial charge is 0.336 e. The average molecular weight is 433 g/mol. The van der Waals surface area contributed by atoms with Crippen LogP contribution >= 0.6 is 11.8 Å². The van der Waals surface area contributed by atoms with E-state index >= 15 is 0 Å². The summed E-state index contributed by atoms with van der Waals surface area (Å²) in [6.45, 7) is 4.04. The summed E-state index contributed by atoms with van der Waals surface area (Å²) >= 11 is 1.57. The van der Waals surface area contributed by atoms with Crippen LogP contribution in [0.2, 0.25) is 0 Å². The van der Waals surface area contributed by atoms with Crippen LogP contribution in [-0.4, -0.2) is 68.6 Å². The van der Waals surface area contributed by atoms with E-state index in [1.807, 2.05) is 59.5 Å². The van der Waals surface area contributed by atoms with Gasteiger partial charge >= 0.3 is 0 Å². The summed E-state index contributed by atoms with van der Waals surface area (Å²) in [6, 6.07) is 17.5. The minimum Gasteiger partial charge on any atom is -0.336 e. The van der Waals surface area contributed by atoms with Gasteiger partial charge in [-0.15, -0.1) is 29.2 Å². The van der Waals surface area contributed by atoms with Crippen molar-refractivity contribution in [1.29, 1.82) is 0 Å². The summed E-state index contributed by atoms with van der Waals surface area (Å²) in [5.41, 5.74) is 1.64. The van der Waals surface area contributed by atoms with E-state index in [4.69, 9.17) is 6.42 Å². The molecule has 0 radical (unpaired) electrons. The monoisotopic (exact) mass is 432 g/mol. The second-order valence-corrected chi connectivity index (χ2v) is 8.23. The van der Waals surface area contributed by atoms with Crippen LogP contribution in [0.5, 0.6) is 0 Å². The number of carbonyl (C=O) groups excluding carboxylic acids is 1. The Kier molecular flexibility index (Phi) is 6.97. The highest BCUT2D eigenvalue weighted by atomic mass is 32.2. The molecule has 1 aliphatic heterocycles. The molecular weight excluding hydrogens is 408 g/mol. The van der Waals surface area contributed by atoms with E-state index < -0.39 is 0 Å². The number of aromatic nitrogens is 4. The summed E-state index contributed by atoms with van der Waals surface area (Å²) in [6.07, 6.45) is 6.11. The molecular formula is C23H24N6OS. The van der Waals surface area contributed by atoms with Gasteiger partial charge < -0.3 is 4.90 Å². The van der Waals surface area contributed by atoms with E-state index in [2.05, 4.69) is 26.3 Å². The number of hydrogen-bond acceptors (Lipinski definition) is 6. The zero-order chi connectivity index (χ0) is 21.5. The minimum atomic E-state index is 0.0716. The molecule has 1 saturated heterocycles. The first-order chi connectivity index (χ1) is 15.3. The molecule has 0 atom stereocenters. The van der Waals surface area contributed by atoms with Crippen LogP contribution in [0.25, 0.3) is 5.69 Å². The Labute approximate surface area is 186 Å². The number of hydrogen-bond donors (Lipinski definition) is 0. The van der Waals surface area contributed by atoms with Gasteiger partial charge in [-0.3, -0.25) is 9.69 Å². The predicted molar refractivity (Wildman–Crippen MR) is 121 cm³/mol. The molecule has 0 saturated carbocycles.